The molecular formula is C17H21N5O. The lowest BCUT2D eigenvalue weighted by molar-refractivity contribution is -0.0970. The molecule has 4 rings (SSSR count). The highest BCUT2D eigenvalue weighted by Crippen LogP contribution is 2.60. The summed E-state index contributed by atoms with van der Waals surface area (Å²) in [7, 11) is 1.82. The molecular weight excluding hydrogens is 290 g/mol. The molecule has 2 aromatic rings. The summed E-state index contributed by atoms with van der Waals surface area (Å²) in [5.41, 5.74) is 2.37. The predicted octanol–water partition coefficient (Wildman–Crippen LogP) is 2.88. The fourth-order valence-electron chi connectivity index (χ4n) is 3.85. The number of nitrogens with one attached hydrogen (secondary N) is 1. The normalized spacial score (nSPS) is 21.7. The monoisotopic (exact) mass is 311 g/mol. The van der Waals surface area contributed by atoms with Gasteiger partial charge < -0.3 is 4.90 Å². The van der Waals surface area contributed by atoms with Crippen LogP contribution in [-0.2, 0) is 7.05 Å². The van der Waals surface area contributed by atoms with Crippen LogP contribution in [0.4, 0.5) is 10.6 Å². The lowest BCUT2D eigenvalue weighted by Gasteiger charge is -2.62. The van der Waals surface area contributed by atoms with E-state index in [0.29, 0.717) is 5.82 Å². The van der Waals surface area contributed by atoms with Gasteiger partial charge in [0.05, 0.1) is 11.7 Å². The summed E-state index contributed by atoms with van der Waals surface area (Å²) in [4.78, 5) is 14.6. The summed E-state index contributed by atoms with van der Waals surface area (Å²) >= 11 is 0. The number of nitrogens with zero attached hydrogens (tertiary/aromatic N) is 4. The van der Waals surface area contributed by atoms with Crippen LogP contribution in [0.2, 0.25) is 0 Å². The minimum atomic E-state index is -0.0834. The molecule has 0 unspecified atom stereocenters. The lowest BCUT2D eigenvalue weighted by Crippen LogP contribution is -2.64. The van der Waals surface area contributed by atoms with Crippen LogP contribution in [0.1, 0.15) is 36.6 Å². The second kappa shape index (κ2) is 5.08. The van der Waals surface area contributed by atoms with E-state index in [2.05, 4.69) is 27.8 Å². The van der Waals surface area contributed by atoms with Crippen molar-refractivity contribution >= 4 is 11.8 Å². The van der Waals surface area contributed by atoms with Crippen molar-refractivity contribution in [3.05, 3.63) is 41.6 Å². The summed E-state index contributed by atoms with van der Waals surface area (Å²) in [5.74, 6) is 0.541. The third kappa shape index (κ3) is 2.12. The van der Waals surface area contributed by atoms with Crippen molar-refractivity contribution in [1.29, 1.82) is 0 Å². The van der Waals surface area contributed by atoms with E-state index in [-0.39, 0.29) is 17.5 Å². The molecule has 2 amide bonds. The van der Waals surface area contributed by atoms with Crippen LogP contribution >= 0.6 is 0 Å². The Labute approximate surface area is 135 Å². The van der Waals surface area contributed by atoms with E-state index in [1.54, 1.807) is 4.68 Å². The fourth-order valence-corrected chi connectivity index (χ4v) is 3.85. The van der Waals surface area contributed by atoms with E-state index in [1.807, 2.05) is 37.1 Å². The molecule has 23 heavy (non-hydrogen) atoms. The van der Waals surface area contributed by atoms with Crippen molar-refractivity contribution in [3.8, 4) is 0 Å². The third-order valence-corrected chi connectivity index (χ3v) is 5.43. The molecule has 1 N–H and O–H groups in total. The van der Waals surface area contributed by atoms with Crippen molar-refractivity contribution in [1.82, 2.24) is 19.9 Å². The van der Waals surface area contributed by atoms with E-state index < -0.39 is 0 Å². The Hall–Kier alpha value is -2.37. The van der Waals surface area contributed by atoms with E-state index in [9.17, 15) is 4.79 Å². The number of hydrogen-bond donors (Lipinski definition) is 1. The first-order valence-electron chi connectivity index (χ1n) is 8.10. The van der Waals surface area contributed by atoms with Gasteiger partial charge in [-0.25, -0.2) is 4.79 Å². The molecule has 1 saturated carbocycles. The van der Waals surface area contributed by atoms with Crippen molar-refractivity contribution in [2.24, 2.45) is 12.5 Å². The second-order valence-electron chi connectivity index (χ2n) is 6.73. The van der Waals surface area contributed by atoms with Gasteiger partial charge in [0.1, 0.15) is 0 Å². The van der Waals surface area contributed by atoms with E-state index >= 15 is 0 Å². The molecule has 0 radical (unpaired) electrons. The van der Waals surface area contributed by atoms with E-state index in [1.165, 1.54) is 24.8 Å². The first-order valence-corrected chi connectivity index (χ1v) is 8.10. The van der Waals surface area contributed by atoms with Gasteiger partial charge in [-0.15, -0.1) is 5.10 Å². The quantitative estimate of drug-likeness (QED) is 0.927. The molecule has 1 aliphatic carbocycles. The van der Waals surface area contributed by atoms with Crippen molar-refractivity contribution in [3.63, 3.8) is 0 Å². The topological polar surface area (TPSA) is 63.1 Å². The van der Waals surface area contributed by atoms with Crippen LogP contribution in [0.5, 0.6) is 0 Å². The largest absolute Gasteiger partial charge is 0.323 e. The first kappa shape index (κ1) is 14.2. The van der Waals surface area contributed by atoms with Gasteiger partial charge in [-0.1, -0.05) is 42.0 Å². The van der Waals surface area contributed by atoms with Crippen LogP contribution in [0.3, 0.4) is 0 Å². The van der Waals surface area contributed by atoms with Gasteiger partial charge in [-0.05, 0) is 25.3 Å². The SMILES string of the molecule is Cc1c(NC(=O)N2CC3(CCC3)[C@@H]2c2ccccc2)nnn1C. The molecule has 2 fully saturated rings. The van der Waals surface area contributed by atoms with Crippen molar-refractivity contribution < 1.29 is 4.79 Å². The number of carbonyl (C=O) groups excluding carboxylic acids is 1. The molecule has 1 aliphatic heterocycles. The van der Waals surface area contributed by atoms with Crippen molar-refractivity contribution in [2.75, 3.05) is 11.9 Å². The molecule has 2 heterocycles. The number of benzene rings is 1. The van der Waals surface area contributed by atoms with Gasteiger partial charge in [0.15, 0.2) is 5.82 Å². The number of likely N-dealkylation sites (tertiary alicyclic amines) is 1. The highest BCUT2D eigenvalue weighted by Gasteiger charge is 2.58. The fraction of sp³-hybridized carbons (Fsp3) is 0.471. The second-order valence-corrected chi connectivity index (χ2v) is 6.73. The maximum Gasteiger partial charge on any atom is 0.323 e. The summed E-state index contributed by atoms with van der Waals surface area (Å²) in [5, 5.41) is 10.9. The highest BCUT2D eigenvalue weighted by molar-refractivity contribution is 5.90. The van der Waals surface area contributed by atoms with Gasteiger partial charge in [0, 0.05) is 19.0 Å². The number of carbonyl (C=O) groups is 1. The summed E-state index contributed by atoms with van der Waals surface area (Å²) in [6, 6.07) is 10.4. The maximum atomic E-state index is 12.7. The zero-order valence-electron chi connectivity index (χ0n) is 13.5. The van der Waals surface area contributed by atoms with Crippen molar-refractivity contribution in [2.45, 2.75) is 32.2 Å². The summed E-state index contributed by atoms with van der Waals surface area (Å²) in [6.45, 7) is 2.73. The number of rotatable bonds is 2. The molecule has 1 saturated heterocycles. The Morgan fingerprint density at radius 2 is 2.04 bits per heavy atom. The molecule has 6 nitrogen and oxygen atoms in total. The number of aryl methyl sites for hydroxylation is 1. The minimum Gasteiger partial charge on any atom is -0.316 e. The Balaban J connectivity index is 1.56. The number of hydrogen-bond acceptors (Lipinski definition) is 3. The molecule has 120 valence electrons. The molecule has 1 atom stereocenters. The molecule has 1 aromatic heterocycles. The lowest BCUT2D eigenvalue weighted by atomic mass is 9.56. The van der Waals surface area contributed by atoms with Crippen LogP contribution in [0.15, 0.2) is 30.3 Å². The third-order valence-electron chi connectivity index (χ3n) is 5.43. The Bertz CT molecular complexity index is 735. The molecule has 1 spiro atoms. The average molecular weight is 311 g/mol. The zero-order valence-corrected chi connectivity index (χ0v) is 13.5. The van der Waals surface area contributed by atoms with E-state index in [0.717, 1.165) is 12.2 Å². The van der Waals surface area contributed by atoms with Gasteiger partial charge in [-0.3, -0.25) is 10.00 Å². The predicted molar refractivity (Wildman–Crippen MR) is 86.9 cm³/mol. The maximum absolute atomic E-state index is 12.7. The van der Waals surface area contributed by atoms with Crippen LogP contribution in [0, 0.1) is 12.3 Å². The standard InChI is InChI=1S/C17H21N5O/c1-12-15(19-20-21(12)2)18-16(23)22-11-17(9-6-10-17)14(22)13-7-4-3-5-8-13/h3-5,7-8,14H,6,9-11H2,1-2H3,(H,18,23)/t14-/m0/s1. The number of anilines is 1. The summed E-state index contributed by atoms with van der Waals surface area (Å²) in [6.07, 6.45) is 3.68. The zero-order chi connectivity index (χ0) is 16.0. The molecule has 2 aliphatic rings. The number of amides is 2. The first-order chi connectivity index (χ1) is 11.1. The minimum absolute atomic E-state index is 0.0834. The highest BCUT2D eigenvalue weighted by atomic mass is 16.2. The number of aromatic nitrogens is 3. The summed E-state index contributed by atoms with van der Waals surface area (Å²) < 4.78 is 1.66. The van der Waals surface area contributed by atoms with E-state index in [4.69, 9.17) is 0 Å². The van der Waals surface area contributed by atoms with Crippen LogP contribution in [0.25, 0.3) is 0 Å². The molecule has 0 bridgehead atoms. The smallest absolute Gasteiger partial charge is 0.316 e. The van der Waals surface area contributed by atoms with Crippen LogP contribution < -0.4 is 5.32 Å². The molecule has 6 heteroatoms. The van der Waals surface area contributed by atoms with Crippen LogP contribution in [-0.4, -0.2) is 32.5 Å². The Morgan fingerprint density at radius 1 is 1.30 bits per heavy atom. The Morgan fingerprint density at radius 3 is 2.61 bits per heavy atom. The van der Waals surface area contributed by atoms with Gasteiger partial charge in [0.25, 0.3) is 0 Å². The average Bonchev–Trinajstić information content (AvgIpc) is 2.78. The molecule has 1 aromatic carbocycles. The Kier molecular flexibility index (Phi) is 3.14. The van der Waals surface area contributed by atoms with Gasteiger partial charge in [0.2, 0.25) is 0 Å². The number of urea groups is 1. The van der Waals surface area contributed by atoms with Gasteiger partial charge in [-0.2, -0.15) is 0 Å². The van der Waals surface area contributed by atoms with Gasteiger partial charge >= 0.3 is 6.03 Å².